The molecule has 0 aromatic heterocycles. The third-order valence-electron chi connectivity index (χ3n) is 2.23. The molecule has 5 heteroatoms. The van der Waals surface area contributed by atoms with Crippen molar-refractivity contribution in [2.75, 3.05) is 0 Å². The van der Waals surface area contributed by atoms with Crippen molar-refractivity contribution in [1.29, 1.82) is 0 Å². The molecule has 0 aliphatic rings. The average molecular weight is 244 g/mol. The van der Waals surface area contributed by atoms with E-state index in [9.17, 15) is 13.6 Å². The maximum absolute atomic E-state index is 12.0. The highest BCUT2D eigenvalue weighted by molar-refractivity contribution is 5.66. The summed E-state index contributed by atoms with van der Waals surface area (Å²) in [6.45, 7) is -2.82. The van der Waals surface area contributed by atoms with E-state index in [-0.39, 0.29) is 12.2 Å². The Morgan fingerprint density at radius 1 is 1.35 bits per heavy atom. The largest absolute Gasteiger partial charge is 0.481 e. The highest BCUT2D eigenvalue weighted by Crippen LogP contribution is 2.17. The van der Waals surface area contributed by atoms with Gasteiger partial charge in [0.1, 0.15) is 5.75 Å². The van der Waals surface area contributed by atoms with Crippen molar-refractivity contribution in [3.63, 3.8) is 0 Å². The molecule has 0 aliphatic carbocycles. The van der Waals surface area contributed by atoms with Gasteiger partial charge in [-0.1, -0.05) is 12.1 Å². The SMILES string of the molecule is O=C(O)CCCCc1cccc(OC(F)F)c1. The summed E-state index contributed by atoms with van der Waals surface area (Å²) in [5, 5.41) is 8.45. The molecule has 0 bridgehead atoms. The highest BCUT2D eigenvalue weighted by Gasteiger charge is 2.04. The minimum atomic E-state index is -2.82. The maximum atomic E-state index is 12.0. The predicted octanol–water partition coefficient (Wildman–Crippen LogP) is 3.09. The van der Waals surface area contributed by atoms with Crippen LogP contribution in [0.2, 0.25) is 0 Å². The number of hydrogen-bond acceptors (Lipinski definition) is 2. The van der Waals surface area contributed by atoms with Crippen LogP contribution in [0.5, 0.6) is 5.75 Å². The van der Waals surface area contributed by atoms with Crippen molar-refractivity contribution in [1.82, 2.24) is 0 Å². The molecule has 0 saturated carbocycles. The van der Waals surface area contributed by atoms with E-state index >= 15 is 0 Å². The minimum absolute atomic E-state index is 0.132. The van der Waals surface area contributed by atoms with Crippen molar-refractivity contribution in [3.8, 4) is 5.75 Å². The molecular formula is C12H14F2O3. The fourth-order valence-electron chi connectivity index (χ4n) is 1.48. The van der Waals surface area contributed by atoms with E-state index in [0.29, 0.717) is 19.3 Å². The molecule has 0 unspecified atom stereocenters. The Labute approximate surface area is 98.0 Å². The summed E-state index contributed by atoms with van der Waals surface area (Å²) in [7, 11) is 0. The number of benzene rings is 1. The van der Waals surface area contributed by atoms with Gasteiger partial charge in [0.25, 0.3) is 0 Å². The van der Waals surface area contributed by atoms with Gasteiger partial charge in [-0.25, -0.2) is 0 Å². The number of aryl methyl sites for hydroxylation is 1. The number of hydrogen-bond donors (Lipinski definition) is 1. The van der Waals surface area contributed by atoms with Gasteiger partial charge in [0.05, 0.1) is 0 Å². The van der Waals surface area contributed by atoms with E-state index in [2.05, 4.69) is 4.74 Å². The molecule has 0 atom stereocenters. The maximum Gasteiger partial charge on any atom is 0.387 e. The number of carboxylic acids is 1. The van der Waals surface area contributed by atoms with Crippen LogP contribution in [-0.2, 0) is 11.2 Å². The number of ether oxygens (including phenoxy) is 1. The van der Waals surface area contributed by atoms with Crippen LogP contribution < -0.4 is 4.74 Å². The van der Waals surface area contributed by atoms with E-state index in [1.807, 2.05) is 0 Å². The first-order valence-corrected chi connectivity index (χ1v) is 5.33. The molecule has 0 spiro atoms. The van der Waals surface area contributed by atoms with Crippen molar-refractivity contribution >= 4 is 5.97 Å². The first-order chi connectivity index (χ1) is 8.08. The van der Waals surface area contributed by atoms with Crippen LogP contribution in [0.4, 0.5) is 8.78 Å². The Bertz CT molecular complexity index is 367. The molecule has 0 radical (unpaired) electrons. The third-order valence-corrected chi connectivity index (χ3v) is 2.23. The van der Waals surface area contributed by atoms with E-state index in [4.69, 9.17) is 5.11 Å². The quantitative estimate of drug-likeness (QED) is 0.750. The fraction of sp³-hybridized carbons (Fsp3) is 0.417. The second-order valence-electron chi connectivity index (χ2n) is 3.63. The summed E-state index contributed by atoms with van der Waals surface area (Å²) in [6.07, 6.45) is 2.08. The minimum Gasteiger partial charge on any atom is -0.481 e. The summed E-state index contributed by atoms with van der Waals surface area (Å²) in [4.78, 5) is 10.3. The lowest BCUT2D eigenvalue weighted by Gasteiger charge is -2.06. The van der Waals surface area contributed by atoms with Crippen LogP contribution in [0, 0.1) is 0 Å². The van der Waals surface area contributed by atoms with Crippen molar-refractivity contribution in [3.05, 3.63) is 29.8 Å². The fourth-order valence-corrected chi connectivity index (χ4v) is 1.48. The van der Waals surface area contributed by atoms with E-state index in [0.717, 1.165) is 5.56 Å². The third kappa shape index (κ3) is 5.85. The normalized spacial score (nSPS) is 10.5. The predicted molar refractivity (Wildman–Crippen MR) is 58.3 cm³/mol. The molecule has 0 heterocycles. The summed E-state index contributed by atoms with van der Waals surface area (Å²) in [5.41, 5.74) is 0.869. The lowest BCUT2D eigenvalue weighted by Crippen LogP contribution is -2.02. The Morgan fingerprint density at radius 2 is 2.12 bits per heavy atom. The van der Waals surface area contributed by atoms with Gasteiger partial charge in [-0.15, -0.1) is 0 Å². The van der Waals surface area contributed by atoms with Crippen molar-refractivity contribution < 1.29 is 23.4 Å². The monoisotopic (exact) mass is 244 g/mol. The van der Waals surface area contributed by atoms with Gasteiger partial charge in [0.2, 0.25) is 0 Å². The number of aliphatic carboxylic acids is 1. The summed E-state index contributed by atoms with van der Waals surface area (Å²) < 4.78 is 28.2. The standard InChI is InChI=1S/C12H14F2O3/c13-12(14)17-10-6-3-5-9(8-10)4-1-2-7-11(15)16/h3,5-6,8,12H,1-2,4,7H2,(H,15,16). The number of carboxylic acid groups (broad SMARTS) is 1. The molecule has 1 aromatic carbocycles. The molecule has 0 aliphatic heterocycles. The Hall–Kier alpha value is -1.65. The second-order valence-corrected chi connectivity index (χ2v) is 3.63. The number of halogens is 2. The Balaban J connectivity index is 2.40. The zero-order valence-corrected chi connectivity index (χ0v) is 9.23. The van der Waals surface area contributed by atoms with Crippen molar-refractivity contribution in [2.24, 2.45) is 0 Å². The second kappa shape index (κ2) is 6.83. The average Bonchev–Trinajstić information content (AvgIpc) is 2.24. The number of carbonyl (C=O) groups is 1. The van der Waals surface area contributed by atoms with Crippen LogP contribution in [-0.4, -0.2) is 17.7 Å². The van der Waals surface area contributed by atoms with Gasteiger partial charge in [-0.2, -0.15) is 8.78 Å². The van der Waals surface area contributed by atoms with Crippen LogP contribution >= 0.6 is 0 Å². The van der Waals surface area contributed by atoms with E-state index in [1.165, 1.54) is 6.07 Å². The van der Waals surface area contributed by atoms with E-state index in [1.54, 1.807) is 18.2 Å². The van der Waals surface area contributed by atoms with Gasteiger partial charge < -0.3 is 9.84 Å². The number of unbranched alkanes of at least 4 members (excludes halogenated alkanes) is 1. The smallest absolute Gasteiger partial charge is 0.387 e. The zero-order valence-electron chi connectivity index (χ0n) is 9.23. The lowest BCUT2D eigenvalue weighted by atomic mass is 10.1. The zero-order chi connectivity index (χ0) is 12.7. The molecule has 94 valence electrons. The van der Waals surface area contributed by atoms with Gasteiger partial charge in [0, 0.05) is 6.42 Å². The highest BCUT2D eigenvalue weighted by atomic mass is 19.3. The first kappa shape index (κ1) is 13.4. The van der Waals surface area contributed by atoms with Crippen LogP contribution in [0.25, 0.3) is 0 Å². The van der Waals surface area contributed by atoms with E-state index < -0.39 is 12.6 Å². The van der Waals surface area contributed by atoms with Gasteiger partial charge in [-0.05, 0) is 37.0 Å². The summed E-state index contributed by atoms with van der Waals surface area (Å²) in [6, 6.07) is 6.46. The molecule has 1 aromatic rings. The Kier molecular flexibility index (Phi) is 5.39. The first-order valence-electron chi connectivity index (χ1n) is 5.33. The lowest BCUT2D eigenvalue weighted by molar-refractivity contribution is -0.137. The van der Waals surface area contributed by atoms with Gasteiger partial charge in [-0.3, -0.25) is 4.79 Å². The van der Waals surface area contributed by atoms with Crippen LogP contribution in [0.3, 0.4) is 0 Å². The molecule has 17 heavy (non-hydrogen) atoms. The topological polar surface area (TPSA) is 46.5 Å². The molecule has 3 nitrogen and oxygen atoms in total. The number of alkyl halides is 2. The number of rotatable bonds is 7. The van der Waals surface area contributed by atoms with Crippen LogP contribution in [0.15, 0.2) is 24.3 Å². The van der Waals surface area contributed by atoms with Gasteiger partial charge >= 0.3 is 12.6 Å². The van der Waals surface area contributed by atoms with Gasteiger partial charge in [0.15, 0.2) is 0 Å². The summed E-state index contributed by atoms with van der Waals surface area (Å²) >= 11 is 0. The molecule has 0 fully saturated rings. The Morgan fingerprint density at radius 3 is 2.76 bits per heavy atom. The molecule has 0 amide bonds. The molecule has 0 saturated heterocycles. The molecule has 1 N–H and O–H groups in total. The molecule has 1 rings (SSSR count). The van der Waals surface area contributed by atoms with Crippen LogP contribution in [0.1, 0.15) is 24.8 Å². The van der Waals surface area contributed by atoms with Crippen molar-refractivity contribution in [2.45, 2.75) is 32.3 Å². The summed E-state index contributed by atoms with van der Waals surface area (Å²) in [5.74, 6) is -0.685. The molecular weight excluding hydrogens is 230 g/mol.